The Morgan fingerprint density at radius 2 is 1.81 bits per heavy atom. The number of hydrogen-bond acceptors (Lipinski definition) is 3. The molecule has 5 rings (SSSR count). The molecule has 0 aromatic carbocycles. The Kier molecular flexibility index (Phi) is 3.85. The zero-order valence-corrected chi connectivity index (χ0v) is 16.1. The lowest BCUT2D eigenvalue weighted by atomic mass is 9.50. The van der Waals surface area contributed by atoms with E-state index in [9.17, 15) is 15.2 Å². The number of nitriles is 1. The van der Waals surface area contributed by atoms with Gasteiger partial charge in [0.05, 0.1) is 18.1 Å². The molecule has 0 aromatic rings. The van der Waals surface area contributed by atoms with Crippen LogP contribution in [0.15, 0.2) is 0 Å². The largest absolute Gasteiger partial charge is 0.392 e. The van der Waals surface area contributed by atoms with Gasteiger partial charge >= 0.3 is 0 Å². The SMILES string of the molecule is C[C@]12CCC3C4CC(C#N)C(O)CC4CCC3C1CC1(CCCC1)C2=O. The third-order valence-electron chi connectivity index (χ3n) is 9.78. The number of nitrogens with zero attached hydrogens (tertiary/aromatic N) is 1. The van der Waals surface area contributed by atoms with Crippen molar-refractivity contribution in [2.75, 3.05) is 0 Å². The average molecular weight is 356 g/mol. The molecule has 5 aliphatic rings. The van der Waals surface area contributed by atoms with Crippen LogP contribution in [0.4, 0.5) is 0 Å². The molecule has 8 atom stereocenters. The number of fused-ring (bicyclic) bond motifs is 5. The lowest BCUT2D eigenvalue weighted by molar-refractivity contribution is -0.139. The van der Waals surface area contributed by atoms with Gasteiger partial charge in [-0.2, -0.15) is 5.26 Å². The van der Waals surface area contributed by atoms with Crippen LogP contribution in [0, 0.1) is 57.7 Å². The second kappa shape index (κ2) is 5.81. The van der Waals surface area contributed by atoms with Crippen molar-refractivity contribution in [3.63, 3.8) is 0 Å². The summed E-state index contributed by atoms with van der Waals surface area (Å²) in [5.41, 5.74) is -0.0374. The van der Waals surface area contributed by atoms with Gasteiger partial charge in [-0.05, 0) is 87.4 Å². The molecular formula is C23H33NO2. The fraction of sp³-hybridized carbons (Fsp3) is 0.913. The summed E-state index contributed by atoms with van der Waals surface area (Å²) >= 11 is 0. The maximum Gasteiger partial charge on any atom is 0.145 e. The number of rotatable bonds is 0. The molecule has 0 radical (unpaired) electrons. The van der Waals surface area contributed by atoms with Crippen LogP contribution in [-0.2, 0) is 4.79 Å². The molecule has 0 aromatic heterocycles. The molecule has 5 saturated carbocycles. The van der Waals surface area contributed by atoms with E-state index in [1.54, 1.807) is 0 Å². The van der Waals surface area contributed by atoms with Gasteiger partial charge in [0.25, 0.3) is 0 Å². The maximum absolute atomic E-state index is 13.5. The molecule has 26 heavy (non-hydrogen) atoms. The summed E-state index contributed by atoms with van der Waals surface area (Å²) < 4.78 is 0. The van der Waals surface area contributed by atoms with Crippen LogP contribution >= 0.6 is 0 Å². The average Bonchev–Trinajstić information content (AvgIpc) is 3.19. The van der Waals surface area contributed by atoms with Crippen molar-refractivity contribution in [1.82, 2.24) is 0 Å². The number of hydrogen-bond donors (Lipinski definition) is 1. The first-order valence-electron chi connectivity index (χ1n) is 11.1. The highest BCUT2D eigenvalue weighted by Crippen LogP contribution is 2.67. The van der Waals surface area contributed by atoms with Crippen LogP contribution in [0.25, 0.3) is 0 Å². The van der Waals surface area contributed by atoms with Crippen molar-refractivity contribution in [2.45, 2.75) is 83.7 Å². The second-order valence-electron chi connectivity index (χ2n) is 10.7. The van der Waals surface area contributed by atoms with E-state index in [-0.39, 0.29) is 16.7 Å². The summed E-state index contributed by atoms with van der Waals surface area (Å²) in [5.74, 6) is 3.64. The van der Waals surface area contributed by atoms with Gasteiger partial charge in [-0.25, -0.2) is 0 Å². The lowest BCUT2D eigenvalue weighted by Crippen LogP contribution is -2.50. The van der Waals surface area contributed by atoms with Crippen LogP contribution < -0.4 is 0 Å². The van der Waals surface area contributed by atoms with E-state index in [0.29, 0.717) is 35.4 Å². The molecule has 0 bridgehead atoms. The Balaban J connectivity index is 1.43. The predicted octanol–water partition coefficient (Wildman–Crippen LogP) is 4.49. The minimum Gasteiger partial charge on any atom is -0.392 e. The van der Waals surface area contributed by atoms with Gasteiger partial charge in [-0.1, -0.05) is 19.8 Å². The molecule has 1 spiro atoms. The minimum absolute atomic E-state index is 0.0309. The highest BCUT2D eigenvalue weighted by atomic mass is 16.3. The normalized spacial score (nSPS) is 52.2. The van der Waals surface area contributed by atoms with Crippen LogP contribution in [0.1, 0.15) is 77.6 Å². The fourth-order valence-electron chi connectivity index (χ4n) is 8.54. The van der Waals surface area contributed by atoms with Gasteiger partial charge in [0.1, 0.15) is 5.78 Å². The van der Waals surface area contributed by atoms with E-state index in [1.165, 1.54) is 32.1 Å². The highest BCUT2D eigenvalue weighted by molar-refractivity contribution is 5.93. The molecule has 7 unspecified atom stereocenters. The zero-order valence-electron chi connectivity index (χ0n) is 16.1. The molecular weight excluding hydrogens is 322 g/mol. The van der Waals surface area contributed by atoms with Crippen LogP contribution in [0.2, 0.25) is 0 Å². The van der Waals surface area contributed by atoms with Crippen molar-refractivity contribution >= 4 is 5.78 Å². The monoisotopic (exact) mass is 355 g/mol. The third-order valence-corrected chi connectivity index (χ3v) is 9.78. The first-order chi connectivity index (χ1) is 12.5. The Morgan fingerprint density at radius 1 is 1.04 bits per heavy atom. The van der Waals surface area contributed by atoms with E-state index >= 15 is 0 Å². The number of aliphatic hydroxyl groups excluding tert-OH is 1. The highest BCUT2D eigenvalue weighted by Gasteiger charge is 2.65. The first-order valence-corrected chi connectivity index (χ1v) is 11.1. The molecule has 1 N–H and O–H groups in total. The lowest BCUT2D eigenvalue weighted by Gasteiger charge is -2.55. The molecule has 5 aliphatic carbocycles. The molecule has 142 valence electrons. The Labute approximate surface area is 157 Å². The number of ketones is 1. The van der Waals surface area contributed by atoms with Gasteiger partial charge in [-0.3, -0.25) is 4.79 Å². The van der Waals surface area contributed by atoms with Gasteiger partial charge in [0, 0.05) is 10.8 Å². The standard InChI is InChI=1S/C23H33NO2/c1-22-9-6-16-17(19(22)12-23(21(22)26)7-2-3-8-23)5-4-14-11-20(25)15(13-24)10-18(14)16/h14-20,25H,2-12H2,1H3/t14?,15?,16?,17?,18?,19?,20?,22-/m0/s1. The number of aliphatic hydroxyl groups is 1. The first kappa shape index (κ1) is 17.2. The topological polar surface area (TPSA) is 61.1 Å². The Morgan fingerprint density at radius 3 is 2.54 bits per heavy atom. The summed E-state index contributed by atoms with van der Waals surface area (Å²) in [4.78, 5) is 13.5. The maximum atomic E-state index is 13.5. The van der Waals surface area contributed by atoms with E-state index in [4.69, 9.17) is 0 Å². The van der Waals surface area contributed by atoms with Crippen LogP contribution in [0.3, 0.4) is 0 Å². The van der Waals surface area contributed by atoms with Gasteiger partial charge in [-0.15, -0.1) is 0 Å². The van der Waals surface area contributed by atoms with Crippen LogP contribution in [-0.4, -0.2) is 17.0 Å². The van der Waals surface area contributed by atoms with Crippen molar-refractivity contribution < 1.29 is 9.90 Å². The van der Waals surface area contributed by atoms with Gasteiger partial charge < -0.3 is 5.11 Å². The van der Waals surface area contributed by atoms with Crippen molar-refractivity contribution in [3.8, 4) is 6.07 Å². The van der Waals surface area contributed by atoms with Gasteiger partial charge in [0.2, 0.25) is 0 Å². The van der Waals surface area contributed by atoms with Crippen LogP contribution in [0.5, 0.6) is 0 Å². The van der Waals surface area contributed by atoms with Gasteiger partial charge in [0.15, 0.2) is 0 Å². The van der Waals surface area contributed by atoms with E-state index in [1.807, 2.05) is 0 Å². The Bertz CT molecular complexity index is 645. The van der Waals surface area contributed by atoms with Crippen molar-refractivity contribution in [3.05, 3.63) is 0 Å². The molecule has 3 heteroatoms. The molecule has 0 aliphatic heterocycles. The molecule has 0 amide bonds. The summed E-state index contributed by atoms with van der Waals surface area (Å²) in [6, 6.07) is 2.38. The molecule has 3 nitrogen and oxygen atoms in total. The van der Waals surface area contributed by atoms with E-state index in [0.717, 1.165) is 38.5 Å². The zero-order chi connectivity index (χ0) is 18.1. The third kappa shape index (κ3) is 2.17. The molecule has 0 saturated heterocycles. The van der Waals surface area contributed by atoms with Crippen molar-refractivity contribution in [1.29, 1.82) is 5.26 Å². The van der Waals surface area contributed by atoms with E-state index < -0.39 is 6.10 Å². The fourth-order valence-corrected chi connectivity index (χ4v) is 8.54. The minimum atomic E-state index is -0.415. The van der Waals surface area contributed by atoms with Crippen molar-refractivity contribution in [2.24, 2.45) is 46.3 Å². The smallest absolute Gasteiger partial charge is 0.145 e. The molecule has 0 heterocycles. The number of carbonyl (C=O) groups is 1. The quantitative estimate of drug-likeness (QED) is 0.696. The summed E-state index contributed by atoms with van der Waals surface area (Å²) in [7, 11) is 0. The van der Waals surface area contributed by atoms with E-state index in [2.05, 4.69) is 13.0 Å². The number of carbonyl (C=O) groups excluding carboxylic acids is 1. The summed E-state index contributed by atoms with van der Waals surface area (Å²) in [6.07, 6.45) is 11.9. The summed E-state index contributed by atoms with van der Waals surface area (Å²) in [5, 5.41) is 19.8. The predicted molar refractivity (Wildman–Crippen MR) is 98.9 cm³/mol. The Hall–Kier alpha value is -0.880. The second-order valence-corrected chi connectivity index (χ2v) is 10.7. The molecule has 5 fully saturated rings. The number of Topliss-reactive ketones (excluding diaryl/α,β-unsaturated/α-hetero) is 1. The summed E-state index contributed by atoms with van der Waals surface area (Å²) in [6.45, 7) is 2.30.